The Balaban J connectivity index is 0. The minimum atomic E-state index is -0.484. The number of ether oxygens (including phenoxy) is 1. The van der Waals surface area contributed by atoms with Crippen molar-refractivity contribution in [2.75, 3.05) is 13.7 Å². The number of hydrogen-bond acceptors (Lipinski definition) is 4. The third kappa shape index (κ3) is 5.68. The van der Waals surface area contributed by atoms with Crippen molar-refractivity contribution in [1.29, 1.82) is 0 Å². The van der Waals surface area contributed by atoms with Gasteiger partial charge in [0.1, 0.15) is 6.54 Å². The van der Waals surface area contributed by atoms with Crippen molar-refractivity contribution in [2.24, 2.45) is 0 Å². The van der Waals surface area contributed by atoms with Crippen molar-refractivity contribution < 1.29 is 14.7 Å². The number of rotatable bonds is 2. The van der Waals surface area contributed by atoms with Crippen molar-refractivity contribution in [3.63, 3.8) is 0 Å². The second kappa shape index (κ2) is 6.68. The Bertz CT molecular complexity index is 67.5. The second-order valence-electron chi connectivity index (χ2n) is 0.911. The molecule has 0 aliphatic rings. The zero-order chi connectivity index (χ0) is 5.70. The van der Waals surface area contributed by atoms with Gasteiger partial charge in [0, 0.05) is 0 Å². The van der Waals surface area contributed by atoms with E-state index in [1.54, 1.807) is 5.48 Å². The standard InChI is InChI=1S/C3H7NO3.ClH/c1-7-3(5)2-4-6;/h4,6H,2H2,1H3;1H. The maximum absolute atomic E-state index is 9.97. The highest BCUT2D eigenvalue weighted by Crippen LogP contribution is 1.64. The van der Waals surface area contributed by atoms with Crippen LogP contribution in [-0.4, -0.2) is 24.8 Å². The molecule has 0 heterocycles. The Morgan fingerprint density at radius 3 is 2.50 bits per heavy atom. The van der Waals surface area contributed by atoms with E-state index in [1.165, 1.54) is 7.11 Å². The molecule has 0 rings (SSSR count). The molecule has 0 unspecified atom stereocenters. The van der Waals surface area contributed by atoms with Gasteiger partial charge in [-0.1, -0.05) is 0 Å². The molecule has 0 amide bonds. The molecule has 0 saturated carbocycles. The van der Waals surface area contributed by atoms with Gasteiger partial charge in [-0.05, 0) is 0 Å². The van der Waals surface area contributed by atoms with Crippen molar-refractivity contribution in [1.82, 2.24) is 5.48 Å². The molecule has 4 nitrogen and oxygen atoms in total. The van der Waals surface area contributed by atoms with Crippen LogP contribution in [0, 0.1) is 0 Å². The van der Waals surface area contributed by atoms with E-state index in [9.17, 15) is 4.79 Å². The first-order valence-electron chi connectivity index (χ1n) is 1.75. The van der Waals surface area contributed by atoms with E-state index in [0.29, 0.717) is 0 Å². The van der Waals surface area contributed by atoms with Gasteiger partial charge >= 0.3 is 5.97 Å². The number of carbonyl (C=O) groups is 1. The molecule has 0 aromatic carbocycles. The van der Waals surface area contributed by atoms with Crippen LogP contribution < -0.4 is 5.48 Å². The highest BCUT2D eigenvalue weighted by atomic mass is 35.5. The molecule has 8 heavy (non-hydrogen) atoms. The molecule has 0 fully saturated rings. The number of methoxy groups -OCH3 is 1. The largest absolute Gasteiger partial charge is 0.468 e. The van der Waals surface area contributed by atoms with Crippen LogP contribution in [0.15, 0.2) is 0 Å². The molecule has 50 valence electrons. The lowest BCUT2D eigenvalue weighted by atomic mass is 10.7. The third-order valence-electron chi connectivity index (χ3n) is 0.451. The van der Waals surface area contributed by atoms with Crippen LogP contribution in [0.25, 0.3) is 0 Å². The van der Waals surface area contributed by atoms with Crippen LogP contribution in [-0.2, 0) is 9.53 Å². The number of esters is 1. The Labute approximate surface area is 53.2 Å². The topological polar surface area (TPSA) is 58.6 Å². The first kappa shape index (κ1) is 10.6. The van der Waals surface area contributed by atoms with Crippen LogP contribution in [0.4, 0.5) is 0 Å². The highest BCUT2D eigenvalue weighted by molar-refractivity contribution is 5.85. The molecular formula is C3H8ClNO3. The summed E-state index contributed by atoms with van der Waals surface area (Å²) in [5.74, 6) is -0.484. The number of nitrogens with one attached hydrogen (secondary N) is 1. The lowest BCUT2D eigenvalue weighted by molar-refractivity contribution is -0.141. The average Bonchev–Trinajstić information content (AvgIpc) is 1.68. The summed E-state index contributed by atoms with van der Waals surface area (Å²) in [6, 6.07) is 0. The van der Waals surface area contributed by atoms with E-state index in [2.05, 4.69) is 4.74 Å². The summed E-state index contributed by atoms with van der Waals surface area (Å²) in [5, 5.41) is 7.82. The summed E-state index contributed by atoms with van der Waals surface area (Å²) < 4.78 is 4.13. The van der Waals surface area contributed by atoms with Gasteiger partial charge in [0.2, 0.25) is 0 Å². The Morgan fingerprint density at radius 2 is 2.38 bits per heavy atom. The number of hydrogen-bond donors (Lipinski definition) is 2. The summed E-state index contributed by atoms with van der Waals surface area (Å²) in [4.78, 5) is 9.97. The normalized spacial score (nSPS) is 7.25. The molecule has 0 atom stereocenters. The van der Waals surface area contributed by atoms with Crippen molar-refractivity contribution in [2.45, 2.75) is 0 Å². The molecule has 0 spiro atoms. The highest BCUT2D eigenvalue weighted by Gasteiger charge is 1.93. The zero-order valence-corrected chi connectivity index (χ0v) is 5.20. The lowest BCUT2D eigenvalue weighted by Crippen LogP contribution is -2.19. The number of hydroxylamine groups is 1. The van der Waals surface area contributed by atoms with Crippen molar-refractivity contribution in [3.05, 3.63) is 0 Å². The van der Waals surface area contributed by atoms with E-state index >= 15 is 0 Å². The Morgan fingerprint density at radius 1 is 1.88 bits per heavy atom. The zero-order valence-electron chi connectivity index (χ0n) is 4.38. The van der Waals surface area contributed by atoms with Crippen molar-refractivity contribution >= 4 is 18.4 Å². The summed E-state index contributed by atoms with van der Waals surface area (Å²) in [6.45, 7) is -0.156. The van der Waals surface area contributed by atoms with E-state index in [4.69, 9.17) is 5.21 Å². The van der Waals surface area contributed by atoms with Crippen LogP contribution in [0.1, 0.15) is 0 Å². The second-order valence-corrected chi connectivity index (χ2v) is 0.911. The molecule has 0 aliphatic heterocycles. The summed E-state index contributed by atoms with van der Waals surface area (Å²) in [7, 11) is 1.25. The fourth-order valence-electron chi connectivity index (χ4n) is 0.137. The van der Waals surface area contributed by atoms with Gasteiger partial charge in [-0.3, -0.25) is 4.79 Å². The quantitative estimate of drug-likeness (QED) is 0.404. The van der Waals surface area contributed by atoms with Gasteiger partial charge in [-0.2, -0.15) is 5.48 Å². The molecule has 0 bridgehead atoms. The van der Waals surface area contributed by atoms with Crippen molar-refractivity contribution in [3.8, 4) is 0 Å². The summed E-state index contributed by atoms with van der Waals surface area (Å²) >= 11 is 0. The first-order chi connectivity index (χ1) is 3.31. The smallest absolute Gasteiger partial charge is 0.322 e. The predicted molar refractivity (Wildman–Crippen MR) is 29.1 cm³/mol. The fraction of sp³-hybridized carbons (Fsp3) is 0.667. The average molecular weight is 142 g/mol. The SMILES string of the molecule is COC(=O)CNO.Cl. The van der Waals surface area contributed by atoms with Crippen LogP contribution in [0.3, 0.4) is 0 Å². The molecule has 0 aliphatic carbocycles. The molecule has 0 aromatic rings. The molecule has 2 N–H and O–H groups in total. The van der Waals surface area contributed by atoms with Crippen LogP contribution >= 0.6 is 12.4 Å². The summed E-state index contributed by atoms with van der Waals surface area (Å²) in [6.07, 6.45) is 0. The lowest BCUT2D eigenvalue weighted by Gasteiger charge is -1.92. The van der Waals surface area contributed by atoms with Gasteiger partial charge in [0.05, 0.1) is 7.11 Å². The third-order valence-corrected chi connectivity index (χ3v) is 0.451. The first-order valence-corrected chi connectivity index (χ1v) is 1.75. The maximum atomic E-state index is 9.97. The molecule has 0 radical (unpaired) electrons. The van der Waals surface area contributed by atoms with Crippen LogP contribution in [0.2, 0.25) is 0 Å². The minimum Gasteiger partial charge on any atom is -0.468 e. The molecule has 0 aromatic heterocycles. The van der Waals surface area contributed by atoms with Gasteiger partial charge in [0.15, 0.2) is 0 Å². The monoisotopic (exact) mass is 141 g/mol. The predicted octanol–water partition coefficient (Wildman–Crippen LogP) is -0.440. The number of carbonyl (C=O) groups excluding carboxylic acids is 1. The number of halogens is 1. The van der Waals surface area contributed by atoms with E-state index in [0.717, 1.165) is 0 Å². The molecular weight excluding hydrogens is 133 g/mol. The Kier molecular flexibility index (Phi) is 8.87. The molecule has 5 heteroatoms. The summed E-state index contributed by atoms with van der Waals surface area (Å²) in [5.41, 5.74) is 1.64. The molecule has 0 saturated heterocycles. The van der Waals surface area contributed by atoms with Gasteiger partial charge in [-0.15, -0.1) is 12.4 Å². The minimum absolute atomic E-state index is 0. The van der Waals surface area contributed by atoms with E-state index in [-0.39, 0.29) is 19.0 Å². The fourth-order valence-corrected chi connectivity index (χ4v) is 0.137. The van der Waals surface area contributed by atoms with Gasteiger partial charge in [0.25, 0.3) is 0 Å². The van der Waals surface area contributed by atoms with E-state index in [1.807, 2.05) is 0 Å². The van der Waals surface area contributed by atoms with Crippen LogP contribution in [0.5, 0.6) is 0 Å². The maximum Gasteiger partial charge on any atom is 0.322 e. The van der Waals surface area contributed by atoms with Gasteiger partial charge < -0.3 is 9.94 Å². The van der Waals surface area contributed by atoms with E-state index < -0.39 is 5.97 Å². The Hall–Kier alpha value is -0.320. The van der Waals surface area contributed by atoms with Gasteiger partial charge in [-0.25, -0.2) is 0 Å².